The van der Waals surface area contributed by atoms with E-state index in [0.717, 1.165) is 5.52 Å². The second-order valence-electron chi connectivity index (χ2n) is 6.96. The quantitative estimate of drug-likeness (QED) is 0.512. The first-order valence-corrected chi connectivity index (χ1v) is 9.11. The number of amides is 1. The largest absolute Gasteiger partial charge is 0.364 e. The molecule has 3 heterocycles. The number of pyridine rings is 1. The molecule has 1 fully saturated rings. The van der Waals surface area contributed by atoms with Crippen molar-refractivity contribution in [2.45, 2.75) is 37.3 Å². The van der Waals surface area contributed by atoms with Crippen molar-refractivity contribution in [3.63, 3.8) is 0 Å². The van der Waals surface area contributed by atoms with Gasteiger partial charge in [-0.2, -0.15) is 5.10 Å². The molecule has 6 N–H and O–H groups in total. The lowest BCUT2D eigenvalue weighted by Crippen LogP contribution is -2.55. The lowest BCUT2D eigenvalue weighted by Gasteiger charge is -2.36. The zero-order valence-electron chi connectivity index (χ0n) is 15.3. The van der Waals surface area contributed by atoms with Gasteiger partial charge >= 0.3 is 0 Å². The van der Waals surface area contributed by atoms with Crippen LogP contribution in [0.15, 0.2) is 36.8 Å². The highest BCUT2D eigenvalue weighted by Gasteiger charge is 2.44. The Morgan fingerprint density at radius 1 is 1.31 bits per heavy atom. The summed E-state index contributed by atoms with van der Waals surface area (Å²) in [6, 6.07) is 3.48. The minimum absolute atomic E-state index is 0.0795. The summed E-state index contributed by atoms with van der Waals surface area (Å²) >= 11 is 0. The van der Waals surface area contributed by atoms with E-state index in [9.17, 15) is 13.6 Å². The van der Waals surface area contributed by atoms with E-state index in [2.05, 4.69) is 25.7 Å². The maximum atomic E-state index is 13.9. The minimum Gasteiger partial charge on any atom is -0.364 e. The third kappa shape index (κ3) is 3.68. The van der Waals surface area contributed by atoms with Crippen molar-refractivity contribution in [3.05, 3.63) is 42.5 Å². The summed E-state index contributed by atoms with van der Waals surface area (Å²) < 4.78 is 29.5. The number of carbonyl (C=O) groups is 1. The highest BCUT2D eigenvalue weighted by Crippen LogP contribution is 2.34. The van der Waals surface area contributed by atoms with Crippen LogP contribution in [0.1, 0.15) is 29.8 Å². The van der Waals surface area contributed by atoms with Crippen molar-refractivity contribution in [1.29, 1.82) is 0 Å². The van der Waals surface area contributed by atoms with Crippen LogP contribution in [0.2, 0.25) is 0 Å². The van der Waals surface area contributed by atoms with Gasteiger partial charge < -0.3 is 22.1 Å². The van der Waals surface area contributed by atoms with E-state index in [1.54, 1.807) is 16.9 Å². The SMILES string of the molecule is NC(=O)c1ncc(N[C@@H]2CCCC(F)(F)[C@@H]2N)nc1Nc1cnn2ccccc12. The number of primary amides is 1. The van der Waals surface area contributed by atoms with E-state index >= 15 is 0 Å². The molecule has 1 aliphatic rings. The number of alkyl halides is 2. The average Bonchev–Trinajstić information content (AvgIpc) is 3.08. The molecule has 1 amide bonds. The van der Waals surface area contributed by atoms with Crippen LogP contribution >= 0.6 is 0 Å². The summed E-state index contributed by atoms with van der Waals surface area (Å²) in [6.07, 6.45) is 5.20. The zero-order valence-corrected chi connectivity index (χ0v) is 15.3. The van der Waals surface area contributed by atoms with Gasteiger partial charge in [-0.3, -0.25) is 4.79 Å². The first kappa shape index (κ1) is 19.0. The lowest BCUT2D eigenvalue weighted by molar-refractivity contribution is -0.0554. The molecule has 11 heteroatoms. The normalized spacial score (nSPS) is 21.1. The van der Waals surface area contributed by atoms with Crippen LogP contribution in [0.4, 0.5) is 26.1 Å². The third-order valence-electron chi connectivity index (χ3n) is 4.97. The fourth-order valence-electron chi connectivity index (χ4n) is 3.43. The molecule has 0 bridgehead atoms. The predicted molar refractivity (Wildman–Crippen MR) is 103 cm³/mol. The highest BCUT2D eigenvalue weighted by molar-refractivity contribution is 5.97. The van der Waals surface area contributed by atoms with E-state index in [1.807, 2.05) is 18.2 Å². The highest BCUT2D eigenvalue weighted by atomic mass is 19.3. The number of halogens is 2. The number of carbonyl (C=O) groups excluding carboxylic acids is 1. The summed E-state index contributed by atoms with van der Waals surface area (Å²) in [5.74, 6) is -3.41. The van der Waals surface area contributed by atoms with E-state index in [0.29, 0.717) is 18.5 Å². The van der Waals surface area contributed by atoms with Gasteiger partial charge in [-0.05, 0) is 25.0 Å². The van der Waals surface area contributed by atoms with Gasteiger partial charge in [0.05, 0.1) is 29.6 Å². The number of hydrogen-bond acceptors (Lipinski definition) is 7. The van der Waals surface area contributed by atoms with Crippen molar-refractivity contribution in [1.82, 2.24) is 19.6 Å². The number of aromatic nitrogens is 4. The number of nitrogens with zero attached hydrogens (tertiary/aromatic N) is 4. The molecule has 1 aliphatic carbocycles. The Morgan fingerprint density at radius 2 is 2.14 bits per heavy atom. The van der Waals surface area contributed by atoms with Crippen LogP contribution in [-0.4, -0.2) is 43.5 Å². The van der Waals surface area contributed by atoms with Crippen LogP contribution in [0.5, 0.6) is 0 Å². The Morgan fingerprint density at radius 3 is 2.93 bits per heavy atom. The minimum atomic E-state index is -2.95. The molecule has 1 saturated carbocycles. The van der Waals surface area contributed by atoms with E-state index in [1.165, 1.54) is 6.20 Å². The fraction of sp³-hybridized carbons (Fsp3) is 0.333. The van der Waals surface area contributed by atoms with Gasteiger partial charge in [-0.15, -0.1) is 0 Å². The van der Waals surface area contributed by atoms with Crippen LogP contribution in [-0.2, 0) is 0 Å². The molecule has 9 nitrogen and oxygen atoms in total. The lowest BCUT2D eigenvalue weighted by atomic mass is 9.87. The van der Waals surface area contributed by atoms with Gasteiger partial charge in [0.2, 0.25) is 0 Å². The summed E-state index contributed by atoms with van der Waals surface area (Å²) in [5, 5.41) is 10.1. The molecule has 152 valence electrons. The Hall–Kier alpha value is -3.34. The zero-order chi connectivity index (χ0) is 20.6. The maximum absolute atomic E-state index is 13.9. The van der Waals surface area contributed by atoms with E-state index in [-0.39, 0.29) is 23.8 Å². The van der Waals surface area contributed by atoms with Crippen molar-refractivity contribution in [2.24, 2.45) is 11.5 Å². The van der Waals surface area contributed by atoms with Gasteiger partial charge in [0.15, 0.2) is 11.5 Å². The van der Waals surface area contributed by atoms with Crippen LogP contribution in [0.25, 0.3) is 5.52 Å². The first-order valence-electron chi connectivity index (χ1n) is 9.11. The topological polar surface area (TPSA) is 136 Å². The molecular weight excluding hydrogens is 382 g/mol. The van der Waals surface area contributed by atoms with E-state index in [4.69, 9.17) is 11.5 Å². The molecule has 0 spiro atoms. The molecule has 3 aromatic heterocycles. The predicted octanol–water partition coefficient (Wildman–Crippen LogP) is 1.89. The molecule has 0 aromatic carbocycles. The number of hydrogen-bond donors (Lipinski definition) is 4. The number of fused-ring (bicyclic) bond motifs is 1. The van der Waals surface area contributed by atoms with Crippen molar-refractivity contribution in [3.8, 4) is 0 Å². The van der Waals surface area contributed by atoms with Gasteiger partial charge in [-0.25, -0.2) is 23.3 Å². The average molecular weight is 402 g/mol. The van der Waals surface area contributed by atoms with Gasteiger partial charge in [0.1, 0.15) is 5.82 Å². The van der Waals surface area contributed by atoms with Crippen molar-refractivity contribution >= 4 is 28.7 Å². The number of nitrogens with one attached hydrogen (secondary N) is 2. The second-order valence-corrected chi connectivity index (χ2v) is 6.96. The Balaban J connectivity index is 1.63. The van der Waals surface area contributed by atoms with Crippen molar-refractivity contribution < 1.29 is 13.6 Å². The fourth-order valence-corrected chi connectivity index (χ4v) is 3.43. The number of anilines is 3. The third-order valence-corrected chi connectivity index (χ3v) is 4.97. The van der Waals surface area contributed by atoms with Crippen LogP contribution < -0.4 is 22.1 Å². The van der Waals surface area contributed by atoms with Gasteiger partial charge in [0.25, 0.3) is 11.8 Å². The summed E-state index contributed by atoms with van der Waals surface area (Å²) in [7, 11) is 0. The van der Waals surface area contributed by atoms with Crippen molar-refractivity contribution in [2.75, 3.05) is 10.6 Å². The Labute approximate surface area is 164 Å². The molecule has 0 unspecified atom stereocenters. The summed E-state index contributed by atoms with van der Waals surface area (Å²) in [6.45, 7) is 0. The summed E-state index contributed by atoms with van der Waals surface area (Å²) in [4.78, 5) is 20.1. The first-order chi connectivity index (χ1) is 13.8. The Kier molecular flexibility index (Phi) is 4.74. The second kappa shape index (κ2) is 7.24. The number of nitrogens with two attached hydrogens (primary N) is 2. The van der Waals surface area contributed by atoms with Gasteiger partial charge in [0, 0.05) is 18.7 Å². The monoisotopic (exact) mass is 402 g/mol. The molecule has 29 heavy (non-hydrogen) atoms. The van der Waals surface area contributed by atoms with Crippen LogP contribution in [0, 0.1) is 0 Å². The smallest absolute Gasteiger partial charge is 0.271 e. The van der Waals surface area contributed by atoms with Gasteiger partial charge in [-0.1, -0.05) is 6.07 Å². The molecule has 3 aromatic rings. The Bertz CT molecular complexity index is 1050. The molecule has 4 rings (SSSR count). The maximum Gasteiger partial charge on any atom is 0.271 e. The number of rotatable bonds is 5. The molecule has 0 radical (unpaired) electrons. The summed E-state index contributed by atoms with van der Waals surface area (Å²) in [5.41, 5.74) is 12.4. The molecule has 0 saturated heterocycles. The standard InChI is InChI=1S/C18H20F2N8O/c19-18(20)6-3-4-10(15(18)21)25-13-9-23-14(16(22)29)17(27-13)26-11-8-24-28-7-2-1-5-12(11)28/h1-2,5,7-10,15H,3-4,6,21H2,(H2,22,29)(H2,25,26,27)/t10-,15-/m1/s1. The molecule has 0 aliphatic heterocycles. The van der Waals surface area contributed by atoms with E-state index < -0.39 is 23.9 Å². The molecule has 2 atom stereocenters. The molecular formula is C18H20F2N8O. The van der Waals surface area contributed by atoms with Crippen LogP contribution in [0.3, 0.4) is 0 Å².